The van der Waals surface area contributed by atoms with Gasteiger partial charge in [-0.15, -0.1) is 0 Å². The molecule has 0 aromatic carbocycles. The average molecular weight is 212 g/mol. The zero-order chi connectivity index (χ0) is 10.3. The number of carboxylic acid groups (broad SMARTS) is 1. The van der Waals surface area contributed by atoms with Crippen molar-refractivity contribution in [2.75, 3.05) is 5.73 Å². The van der Waals surface area contributed by atoms with Crippen LogP contribution in [0, 0.1) is 0 Å². The normalized spacial score (nSPS) is 10.6. The van der Waals surface area contributed by atoms with Crippen LogP contribution in [0.1, 0.15) is 10.4 Å². The van der Waals surface area contributed by atoms with Crippen LogP contribution in [0.5, 0.6) is 0 Å². The van der Waals surface area contributed by atoms with Crippen LogP contribution in [0.2, 0.25) is 5.02 Å². The average Bonchev–Trinajstić information content (AvgIpc) is 2.46. The zero-order valence-corrected chi connectivity index (χ0v) is 7.69. The topological polar surface area (TPSA) is 80.6 Å². The smallest absolute Gasteiger partial charge is 0.338 e. The molecule has 0 bridgehead atoms. The second-order valence-electron chi connectivity index (χ2n) is 2.75. The Bertz CT molecular complexity index is 521. The minimum Gasteiger partial charge on any atom is -0.478 e. The molecule has 2 aromatic heterocycles. The van der Waals surface area contributed by atoms with Crippen molar-refractivity contribution in [1.29, 1.82) is 0 Å². The lowest BCUT2D eigenvalue weighted by molar-refractivity contribution is 0.0696. The Morgan fingerprint density at radius 1 is 1.64 bits per heavy atom. The zero-order valence-electron chi connectivity index (χ0n) is 6.94. The minimum atomic E-state index is -1.09. The van der Waals surface area contributed by atoms with E-state index in [0.29, 0.717) is 5.52 Å². The van der Waals surface area contributed by atoms with E-state index < -0.39 is 5.97 Å². The fourth-order valence-electron chi connectivity index (χ4n) is 1.19. The monoisotopic (exact) mass is 211 g/mol. The van der Waals surface area contributed by atoms with Gasteiger partial charge in [-0.1, -0.05) is 11.6 Å². The maximum Gasteiger partial charge on any atom is 0.338 e. The summed E-state index contributed by atoms with van der Waals surface area (Å²) in [6.45, 7) is 0. The van der Waals surface area contributed by atoms with Crippen molar-refractivity contribution in [1.82, 2.24) is 9.38 Å². The molecule has 2 heterocycles. The Balaban J connectivity index is 2.80. The molecule has 0 aliphatic rings. The number of hydrogen-bond acceptors (Lipinski definition) is 3. The van der Waals surface area contributed by atoms with Gasteiger partial charge in [0.2, 0.25) is 5.95 Å². The van der Waals surface area contributed by atoms with Gasteiger partial charge in [-0.2, -0.15) is 0 Å². The van der Waals surface area contributed by atoms with Gasteiger partial charge < -0.3 is 10.8 Å². The van der Waals surface area contributed by atoms with E-state index in [1.54, 1.807) is 0 Å². The van der Waals surface area contributed by atoms with E-state index in [9.17, 15) is 4.79 Å². The van der Waals surface area contributed by atoms with Gasteiger partial charge in [-0.3, -0.25) is 4.40 Å². The van der Waals surface area contributed by atoms with Crippen LogP contribution in [-0.2, 0) is 0 Å². The summed E-state index contributed by atoms with van der Waals surface area (Å²) in [5.74, 6) is -0.857. The standard InChI is InChI=1S/C8H6ClN3O2/c9-6-1-4-2-11-8(10)12(4)3-5(6)7(13)14/h1-3H,(H2,10,11)(H,13,14). The molecular weight excluding hydrogens is 206 g/mol. The Morgan fingerprint density at radius 2 is 2.36 bits per heavy atom. The molecule has 0 fully saturated rings. The van der Waals surface area contributed by atoms with Crippen LogP contribution in [-0.4, -0.2) is 20.5 Å². The van der Waals surface area contributed by atoms with E-state index in [4.69, 9.17) is 22.4 Å². The molecule has 6 heteroatoms. The van der Waals surface area contributed by atoms with Gasteiger partial charge in [0.15, 0.2) is 0 Å². The van der Waals surface area contributed by atoms with E-state index in [1.165, 1.54) is 22.9 Å². The minimum absolute atomic E-state index is 0.00358. The molecule has 0 aliphatic carbocycles. The van der Waals surface area contributed by atoms with Crippen molar-refractivity contribution in [2.45, 2.75) is 0 Å². The number of aromatic nitrogens is 2. The molecule has 72 valence electrons. The highest BCUT2D eigenvalue weighted by atomic mass is 35.5. The molecule has 0 radical (unpaired) electrons. The number of nitrogens with zero attached hydrogens (tertiary/aromatic N) is 2. The van der Waals surface area contributed by atoms with Crippen LogP contribution in [0.15, 0.2) is 18.5 Å². The summed E-state index contributed by atoms with van der Waals surface area (Å²) in [4.78, 5) is 14.6. The maximum absolute atomic E-state index is 10.7. The highest BCUT2D eigenvalue weighted by Crippen LogP contribution is 2.20. The predicted octanol–water partition coefficient (Wildman–Crippen LogP) is 1.27. The first-order chi connectivity index (χ1) is 6.59. The third-order valence-corrected chi connectivity index (χ3v) is 2.19. The van der Waals surface area contributed by atoms with Gasteiger partial charge in [0.05, 0.1) is 22.3 Å². The SMILES string of the molecule is Nc1ncc2cc(Cl)c(C(=O)O)cn12. The number of aromatic carboxylic acids is 1. The van der Waals surface area contributed by atoms with Gasteiger partial charge >= 0.3 is 5.97 Å². The van der Waals surface area contributed by atoms with E-state index in [-0.39, 0.29) is 16.5 Å². The van der Waals surface area contributed by atoms with Crippen LogP contribution in [0.25, 0.3) is 5.52 Å². The van der Waals surface area contributed by atoms with Gasteiger partial charge in [-0.05, 0) is 6.07 Å². The summed E-state index contributed by atoms with van der Waals surface area (Å²) >= 11 is 5.74. The second-order valence-corrected chi connectivity index (χ2v) is 3.16. The summed E-state index contributed by atoms with van der Waals surface area (Å²) in [5.41, 5.74) is 6.18. The molecule has 0 spiro atoms. The van der Waals surface area contributed by atoms with Gasteiger partial charge in [0.1, 0.15) is 0 Å². The molecule has 0 atom stereocenters. The number of anilines is 1. The highest BCUT2D eigenvalue weighted by molar-refractivity contribution is 6.33. The van der Waals surface area contributed by atoms with E-state index in [0.717, 1.165) is 0 Å². The Morgan fingerprint density at radius 3 is 3.00 bits per heavy atom. The summed E-state index contributed by atoms with van der Waals surface area (Å²) in [6.07, 6.45) is 2.87. The number of carbonyl (C=O) groups is 1. The molecule has 5 nitrogen and oxygen atoms in total. The summed E-state index contributed by atoms with van der Waals surface area (Å²) in [5, 5.41) is 8.97. The molecule has 14 heavy (non-hydrogen) atoms. The second kappa shape index (κ2) is 2.88. The third-order valence-electron chi connectivity index (χ3n) is 1.87. The molecule has 2 rings (SSSR count). The Kier molecular flexibility index (Phi) is 1.82. The van der Waals surface area contributed by atoms with E-state index >= 15 is 0 Å². The quantitative estimate of drug-likeness (QED) is 0.744. The lowest BCUT2D eigenvalue weighted by Crippen LogP contribution is -2.02. The number of hydrogen-bond donors (Lipinski definition) is 2. The van der Waals surface area contributed by atoms with Gasteiger partial charge in [-0.25, -0.2) is 9.78 Å². The summed E-state index contributed by atoms with van der Waals surface area (Å²) in [6, 6.07) is 1.51. The lowest BCUT2D eigenvalue weighted by atomic mass is 10.3. The van der Waals surface area contributed by atoms with Crippen LogP contribution < -0.4 is 5.73 Å². The predicted molar refractivity (Wildman–Crippen MR) is 51.6 cm³/mol. The number of pyridine rings is 1. The fraction of sp³-hybridized carbons (Fsp3) is 0. The number of rotatable bonds is 1. The Hall–Kier alpha value is -1.75. The van der Waals surface area contributed by atoms with Gasteiger partial charge in [0.25, 0.3) is 0 Å². The van der Waals surface area contributed by atoms with Crippen molar-refractivity contribution in [3.05, 3.63) is 29.0 Å². The van der Waals surface area contributed by atoms with Crippen molar-refractivity contribution >= 4 is 29.0 Å². The molecular formula is C8H6ClN3O2. The first-order valence-electron chi connectivity index (χ1n) is 3.75. The Labute approximate surface area is 83.7 Å². The maximum atomic E-state index is 10.7. The van der Waals surface area contributed by atoms with E-state index in [1.807, 2.05) is 0 Å². The molecule has 0 amide bonds. The summed E-state index contributed by atoms with van der Waals surface area (Å²) < 4.78 is 1.47. The molecule has 3 N–H and O–H groups in total. The molecule has 2 aromatic rings. The van der Waals surface area contributed by atoms with Crippen LogP contribution >= 0.6 is 11.6 Å². The number of carboxylic acids is 1. The number of halogens is 1. The molecule has 0 saturated carbocycles. The lowest BCUT2D eigenvalue weighted by Gasteiger charge is -2.01. The van der Waals surface area contributed by atoms with Gasteiger partial charge in [0, 0.05) is 6.20 Å². The summed E-state index contributed by atoms with van der Waals surface area (Å²) in [7, 11) is 0. The largest absolute Gasteiger partial charge is 0.478 e. The van der Waals surface area contributed by atoms with Crippen LogP contribution in [0.4, 0.5) is 5.95 Å². The third kappa shape index (κ3) is 1.18. The first kappa shape index (κ1) is 8.83. The number of fused-ring (bicyclic) bond motifs is 1. The number of imidazole rings is 1. The van der Waals surface area contributed by atoms with Crippen molar-refractivity contribution in [2.24, 2.45) is 0 Å². The van der Waals surface area contributed by atoms with Crippen molar-refractivity contribution < 1.29 is 9.90 Å². The van der Waals surface area contributed by atoms with Crippen molar-refractivity contribution in [3.63, 3.8) is 0 Å². The highest BCUT2D eigenvalue weighted by Gasteiger charge is 2.11. The van der Waals surface area contributed by atoms with Crippen molar-refractivity contribution in [3.8, 4) is 0 Å². The van der Waals surface area contributed by atoms with Crippen LogP contribution in [0.3, 0.4) is 0 Å². The molecule has 0 unspecified atom stereocenters. The fourth-order valence-corrected chi connectivity index (χ4v) is 1.43. The number of nitrogen functional groups attached to an aromatic ring is 1. The molecule has 0 aliphatic heterocycles. The first-order valence-corrected chi connectivity index (χ1v) is 4.13. The van der Waals surface area contributed by atoms with E-state index in [2.05, 4.69) is 4.98 Å². The number of nitrogens with two attached hydrogens (primary N) is 1. The molecule has 0 saturated heterocycles.